The van der Waals surface area contributed by atoms with Crippen LogP contribution in [-0.2, 0) is 29.8 Å². The molecule has 2 aromatic rings. The third-order valence-electron chi connectivity index (χ3n) is 9.37. The number of aliphatic hydroxyl groups is 1. The summed E-state index contributed by atoms with van der Waals surface area (Å²) in [6, 6.07) is 12.3. The molecule has 2 aliphatic carbocycles. The molecule has 3 N–H and O–H groups in total. The summed E-state index contributed by atoms with van der Waals surface area (Å²) in [5.74, 6) is -2.02. The van der Waals surface area contributed by atoms with Crippen molar-refractivity contribution in [3.8, 4) is 11.1 Å². The van der Waals surface area contributed by atoms with Gasteiger partial charge < -0.3 is 20.6 Å². The van der Waals surface area contributed by atoms with Crippen molar-refractivity contribution in [2.75, 3.05) is 19.3 Å². The Morgan fingerprint density at radius 1 is 1.12 bits per heavy atom. The quantitative estimate of drug-likeness (QED) is 0.451. The van der Waals surface area contributed by atoms with Crippen molar-refractivity contribution in [1.82, 2.24) is 15.5 Å². The molecule has 2 aromatic carbocycles. The van der Waals surface area contributed by atoms with Crippen LogP contribution in [-0.4, -0.2) is 67.6 Å². The number of nitrogens with one attached hydrogen (secondary N) is 2. The molecule has 1 saturated carbocycles. The van der Waals surface area contributed by atoms with Crippen LogP contribution >= 0.6 is 0 Å². The van der Waals surface area contributed by atoms with E-state index in [1.165, 1.54) is 4.90 Å². The van der Waals surface area contributed by atoms with Gasteiger partial charge in [0.05, 0.1) is 6.04 Å². The van der Waals surface area contributed by atoms with Gasteiger partial charge in [0.2, 0.25) is 26.8 Å². The Labute approximate surface area is 244 Å². The highest BCUT2D eigenvalue weighted by Crippen LogP contribution is 2.50. The monoisotopic (exact) mass is 595 g/mol. The lowest BCUT2D eigenvalue weighted by Crippen LogP contribution is -2.55. The van der Waals surface area contributed by atoms with Crippen molar-refractivity contribution >= 4 is 27.6 Å². The molecule has 6 rings (SSSR count). The average molecular weight is 596 g/mol. The molecular weight excluding hydrogens is 561 g/mol. The van der Waals surface area contributed by atoms with Crippen molar-refractivity contribution in [3.63, 3.8) is 0 Å². The average Bonchev–Trinajstić information content (AvgIpc) is 3.72. The molecule has 42 heavy (non-hydrogen) atoms. The summed E-state index contributed by atoms with van der Waals surface area (Å²) in [4.78, 5) is 42.2. The molecule has 0 aromatic heterocycles. The van der Waals surface area contributed by atoms with Gasteiger partial charge in [0.1, 0.15) is 6.04 Å². The van der Waals surface area contributed by atoms with Crippen LogP contribution in [0.1, 0.15) is 43.2 Å². The minimum absolute atomic E-state index is 0.0139. The predicted molar refractivity (Wildman–Crippen MR) is 153 cm³/mol. The number of sulfone groups is 1. The maximum Gasteiger partial charge on any atom is 0.264 e. The number of rotatable bonds is 7. The van der Waals surface area contributed by atoms with Crippen molar-refractivity contribution in [1.29, 1.82) is 0 Å². The molecule has 3 amide bonds. The molecule has 2 heterocycles. The third-order valence-corrected chi connectivity index (χ3v) is 10.2. The first-order chi connectivity index (χ1) is 20.0. The van der Waals surface area contributed by atoms with E-state index in [9.17, 15) is 32.3 Å². The lowest BCUT2D eigenvalue weighted by Gasteiger charge is -2.34. The van der Waals surface area contributed by atoms with Crippen LogP contribution in [0.25, 0.3) is 11.1 Å². The first-order valence-corrected chi connectivity index (χ1v) is 16.3. The number of carbonyl (C=O) groups excluding carboxylic acids is 3. The van der Waals surface area contributed by atoms with Crippen LogP contribution in [0.15, 0.2) is 59.8 Å². The summed E-state index contributed by atoms with van der Waals surface area (Å²) in [5.41, 5.74) is 0.418. The number of hydrogen-bond donors (Lipinski definition) is 3. The van der Waals surface area contributed by atoms with Crippen molar-refractivity contribution in [3.05, 3.63) is 70.9 Å². The number of fused-ring (bicyclic) bond motifs is 4. The Kier molecular flexibility index (Phi) is 7.21. The topological polar surface area (TPSA) is 133 Å². The van der Waals surface area contributed by atoms with Crippen LogP contribution in [0.3, 0.4) is 0 Å². The zero-order chi connectivity index (χ0) is 29.8. The molecule has 2 saturated heterocycles. The van der Waals surface area contributed by atoms with E-state index < -0.39 is 50.4 Å². The number of hydrogen-bond acceptors (Lipinski definition) is 6. The van der Waals surface area contributed by atoms with Crippen LogP contribution in [0.5, 0.6) is 0 Å². The Bertz CT molecular complexity index is 1540. The first-order valence-electron chi connectivity index (χ1n) is 14.4. The van der Waals surface area contributed by atoms with Gasteiger partial charge in [-0.05, 0) is 54.7 Å². The van der Waals surface area contributed by atoms with Crippen LogP contribution in [0, 0.1) is 17.8 Å². The van der Waals surface area contributed by atoms with Crippen molar-refractivity contribution < 1.29 is 32.3 Å². The predicted octanol–water partition coefficient (Wildman–Crippen LogP) is 2.40. The number of likely N-dealkylation sites (tertiary alicyclic amines) is 1. The molecule has 4 aliphatic rings. The zero-order valence-corrected chi connectivity index (χ0v) is 24.1. The number of carbonyl (C=O) groups is 3. The molecule has 0 unspecified atom stereocenters. The second-order valence-electron chi connectivity index (χ2n) is 11.9. The summed E-state index contributed by atoms with van der Waals surface area (Å²) in [6.45, 7) is 0.732. The van der Waals surface area contributed by atoms with Gasteiger partial charge in [-0.25, -0.2) is 8.42 Å². The maximum absolute atomic E-state index is 14.6. The molecular formula is C31H34FN3O6S. The highest BCUT2D eigenvalue weighted by Gasteiger charge is 2.56. The lowest BCUT2D eigenvalue weighted by atomic mass is 9.88. The Morgan fingerprint density at radius 2 is 1.76 bits per heavy atom. The summed E-state index contributed by atoms with van der Waals surface area (Å²) in [6.07, 6.45) is 4.50. The molecule has 3 fully saturated rings. The number of halogens is 1. The van der Waals surface area contributed by atoms with Gasteiger partial charge in [0.15, 0.2) is 5.60 Å². The summed E-state index contributed by atoms with van der Waals surface area (Å²) in [7, 11) is -4.17. The fraction of sp³-hybridized carbons (Fsp3) is 0.452. The van der Waals surface area contributed by atoms with Gasteiger partial charge in [-0.15, -0.1) is 0 Å². The maximum atomic E-state index is 14.6. The van der Waals surface area contributed by atoms with Gasteiger partial charge in [0.25, 0.3) is 5.91 Å². The van der Waals surface area contributed by atoms with Crippen molar-refractivity contribution in [2.24, 2.45) is 17.8 Å². The van der Waals surface area contributed by atoms with Crippen LogP contribution < -0.4 is 10.6 Å². The Morgan fingerprint density at radius 3 is 2.36 bits per heavy atom. The van der Waals surface area contributed by atoms with Crippen LogP contribution in [0.2, 0.25) is 0 Å². The van der Waals surface area contributed by atoms with E-state index in [1.54, 1.807) is 24.3 Å². The second kappa shape index (κ2) is 10.6. The van der Waals surface area contributed by atoms with Gasteiger partial charge in [-0.1, -0.05) is 55.0 Å². The van der Waals surface area contributed by atoms with E-state index in [2.05, 4.69) is 10.6 Å². The second-order valence-corrected chi connectivity index (χ2v) is 13.9. The van der Waals surface area contributed by atoms with Crippen molar-refractivity contribution in [2.45, 2.75) is 49.8 Å². The molecule has 222 valence electrons. The van der Waals surface area contributed by atoms with E-state index in [0.29, 0.717) is 30.5 Å². The molecule has 0 spiro atoms. The molecule has 11 heteroatoms. The molecule has 0 bridgehead atoms. The minimum atomic E-state index is -4.17. The highest BCUT2D eigenvalue weighted by molar-refractivity contribution is 7.94. The van der Waals surface area contributed by atoms with Gasteiger partial charge in [-0.2, -0.15) is 4.39 Å². The van der Waals surface area contributed by atoms with E-state index in [4.69, 9.17) is 0 Å². The van der Waals surface area contributed by atoms with E-state index >= 15 is 0 Å². The van der Waals surface area contributed by atoms with Gasteiger partial charge in [-0.3, -0.25) is 14.4 Å². The minimum Gasteiger partial charge on any atom is -0.372 e. The fourth-order valence-electron chi connectivity index (χ4n) is 7.40. The molecule has 2 aliphatic heterocycles. The lowest BCUT2D eigenvalue weighted by molar-refractivity contribution is -0.152. The third kappa shape index (κ3) is 4.72. The Hall–Kier alpha value is -3.57. The van der Waals surface area contributed by atoms with Gasteiger partial charge >= 0.3 is 0 Å². The fourth-order valence-corrected chi connectivity index (χ4v) is 7.81. The van der Waals surface area contributed by atoms with E-state index in [0.717, 1.165) is 36.3 Å². The van der Waals surface area contributed by atoms with E-state index in [1.807, 2.05) is 24.3 Å². The molecule has 5 atom stereocenters. The largest absolute Gasteiger partial charge is 0.372 e. The number of nitrogens with zero attached hydrogens (tertiary/aromatic N) is 1. The summed E-state index contributed by atoms with van der Waals surface area (Å²) < 4.78 is 38.4. The Balaban J connectivity index is 1.34. The van der Waals surface area contributed by atoms with Gasteiger partial charge in [0, 0.05) is 36.4 Å². The standard InChI is InChI=1S/C31H34FN3O6S/c1-42(40,41)26(32)16-20(15-18-13-14-33-28(18)36)34-29(37)27-21-10-6-7-19(21)17-35(27)30(38)31(39)24-11-4-2-8-22(24)23-9-3-5-12-25(23)31/h2-5,8-9,11-12,16,18-21,27,39H,6-7,10,13-15,17H2,1H3,(H,33,36)(H,34,37)/b26-16-/t18-,19+,20-,21+,27+/m0/s1. The summed E-state index contributed by atoms with van der Waals surface area (Å²) >= 11 is 0. The summed E-state index contributed by atoms with van der Waals surface area (Å²) in [5, 5.41) is 16.3. The first kappa shape index (κ1) is 28.5. The highest BCUT2D eigenvalue weighted by atomic mass is 32.2. The molecule has 9 nitrogen and oxygen atoms in total. The van der Waals surface area contributed by atoms with E-state index in [-0.39, 0.29) is 30.7 Å². The number of benzene rings is 2. The SMILES string of the molecule is CS(=O)(=O)/C(F)=C\[C@H](C[C@@H]1CCNC1=O)NC(=O)[C@H]1[C@@H]2CCC[C@@H]2CN1C(=O)C1(O)c2ccccc2-c2ccccc21. The zero-order valence-electron chi connectivity index (χ0n) is 23.3. The smallest absolute Gasteiger partial charge is 0.264 e. The van der Waals surface area contributed by atoms with Crippen LogP contribution in [0.4, 0.5) is 4.39 Å². The number of amides is 3. The molecule has 0 radical (unpaired) electrons. The normalized spacial score (nSPS) is 26.8.